The van der Waals surface area contributed by atoms with Gasteiger partial charge in [0.25, 0.3) is 0 Å². The van der Waals surface area contributed by atoms with Crippen LogP contribution in [0.3, 0.4) is 0 Å². The number of benzene rings is 2. The van der Waals surface area contributed by atoms with E-state index < -0.39 is 0 Å². The van der Waals surface area contributed by atoms with Crippen molar-refractivity contribution in [3.63, 3.8) is 0 Å². The number of allylic oxidation sites excluding steroid dienone is 2. The summed E-state index contributed by atoms with van der Waals surface area (Å²) in [5, 5.41) is 5.20. The van der Waals surface area contributed by atoms with E-state index in [9.17, 15) is 4.79 Å². The van der Waals surface area contributed by atoms with Gasteiger partial charge in [0.05, 0.1) is 18.4 Å². The number of carbonyl (C=O) groups is 1. The predicted molar refractivity (Wildman–Crippen MR) is 128 cm³/mol. The van der Waals surface area contributed by atoms with Gasteiger partial charge in [-0.1, -0.05) is 49.1 Å². The Morgan fingerprint density at radius 1 is 1.10 bits per heavy atom. The Balaban J connectivity index is 1.99. The first-order chi connectivity index (χ1) is 15.0. The van der Waals surface area contributed by atoms with Gasteiger partial charge in [0, 0.05) is 18.4 Å². The molecule has 0 saturated heterocycles. The summed E-state index contributed by atoms with van der Waals surface area (Å²) in [4.78, 5) is 14.9. The number of unbranched alkanes of at least 4 members (excludes halogenated alkanes) is 2. The number of hydrogen-bond acceptors (Lipinski definition) is 4. The SMILES string of the molecule is C=C(CCCC/C=C(\COc1cccc2ccccc12)C(=O)NCCCN(C)C)OC. The molecule has 1 amide bonds. The number of fused-ring (bicyclic) bond motifs is 1. The molecule has 2 aromatic carbocycles. The van der Waals surface area contributed by atoms with Gasteiger partial charge in [0.2, 0.25) is 5.91 Å². The monoisotopic (exact) mass is 424 g/mol. The molecule has 0 heterocycles. The summed E-state index contributed by atoms with van der Waals surface area (Å²) in [5.41, 5.74) is 0.670. The molecule has 2 aromatic rings. The minimum absolute atomic E-state index is 0.0553. The van der Waals surface area contributed by atoms with Crippen molar-refractivity contribution in [2.45, 2.75) is 32.1 Å². The second-order valence-electron chi connectivity index (χ2n) is 7.90. The van der Waals surface area contributed by atoms with Gasteiger partial charge in [0.15, 0.2) is 0 Å². The molecule has 0 spiro atoms. The van der Waals surface area contributed by atoms with Gasteiger partial charge in [-0.15, -0.1) is 0 Å². The van der Waals surface area contributed by atoms with Crippen molar-refractivity contribution in [1.82, 2.24) is 10.2 Å². The predicted octanol–water partition coefficient (Wildman–Crippen LogP) is 4.93. The molecule has 0 atom stereocenters. The van der Waals surface area contributed by atoms with Gasteiger partial charge in [-0.3, -0.25) is 4.79 Å². The quantitative estimate of drug-likeness (QED) is 0.265. The molecule has 0 aliphatic carbocycles. The topological polar surface area (TPSA) is 50.8 Å². The summed E-state index contributed by atoms with van der Waals surface area (Å²) in [7, 11) is 5.71. The van der Waals surface area contributed by atoms with Crippen LogP contribution in [0.4, 0.5) is 0 Å². The van der Waals surface area contributed by atoms with Crippen molar-refractivity contribution in [2.75, 3.05) is 40.9 Å². The fourth-order valence-corrected chi connectivity index (χ4v) is 3.25. The van der Waals surface area contributed by atoms with Crippen LogP contribution in [0.2, 0.25) is 0 Å². The van der Waals surface area contributed by atoms with E-state index >= 15 is 0 Å². The summed E-state index contributed by atoms with van der Waals surface area (Å²) in [6, 6.07) is 14.1. The molecular weight excluding hydrogens is 388 g/mol. The minimum atomic E-state index is -0.0553. The Labute approximate surface area is 186 Å². The van der Waals surface area contributed by atoms with Crippen molar-refractivity contribution >= 4 is 16.7 Å². The molecule has 0 aromatic heterocycles. The highest BCUT2D eigenvalue weighted by molar-refractivity contribution is 5.94. The normalized spacial score (nSPS) is 11.5. The van der Waals surface area contributed by atoms with Crippen LogP contribution in [-0.4, -0.2) is 51.7 Å². The first kappa shape index (κ1) is 24.5. The van der Waals surface area contributed by atoms with Crippen LogP contribution in [0.5, 0.6) is 5.75 Å². The Morgan fingerprint density at radius 3 is 2.65 bits per heavy atom. The average molecular weight is 425 g/mol. The standard InChI is InChI=1S/C26H36N2O3/c1-21(30-4)12-6-5-7-14-23(26(29)27-18-11-19-28(2)3)20-31-25-17-10-15-22-13-8-9-16-24(22)25/h8-10,13-17H,1,5-7,11-12,18-20H2,2-4H3,(H,27,29)/b23-14+. The largest absolute Gasteiger partial charge is 0.502 e. The number of amides is 1. The Hall–Kier alpha value is -2.79. The lowest BCUT2D eigenvalue weighted by molar-refractivity contribution is -0.117. The maximum atomic E-state index is 12.8. The highest BCUT2D eigenvalue weighted by atomic mass is 16.5. The molecule has 0 aliphatic heterocycles. The van der Waals surface area contributed by atoms with Crippen LogP contribution < -0.4 is 10.1 Å². The maximum absolute atomic E-state index is 12.8. The molecule has 5 nitrogen and oxygen atoms in total. The van der Waals surface area contributed by atoms with E-state index in [1.807, 2.05) is 50.5 Å². The molecular formula is C26H36N2O3. The smallest absolute Gasteiger partial charge is 0.250 e. The molecule has 0 aliphatic rings. The molecule has 0 radical (unpaired) electrons. The number of rotatable bonds is 14. The summed E-state index contributed by atoms with van der Waals surface area (Å²) in [6.07, 6.45) is 6.51. The molecule has 2 rings (SSSR count). The molecule has 0 fully saturated rings. The molecule has 31 heavy (non-hydrogen) atoms. The van der Waals surface area contributed by atoms with Crippen LogP contribution in [-0.2, 0) is 9.53 Å². The third-order valence-electron chi connectivity index (χ3n) is 5.08. The van der Waals surface area contributed by atoms with E-state index in [1.165, 1.54) is 0 Å². The van der Waals surface area contributed by atoms with Gasteiger partial charge in [-0.2, -0.15) is 0 Å². The fraction of sp³-hybridized carbons (Fsp3) is 0.423. The van der Waals surface area contributed by atoms with Crippen molar-refractivity contribution in [3.05, 3.63) is 66.5 Å². The molecule has 5 heteroatoms. The third kappa shape index (κ3) is 8.85. The number of nitrogens with zero attached hydrogens (tertiary/aromatic N) is 1. The summed E-state index contributed by atoms with van der Waals surface area (Å²) in [6.45, 7) is 5.69. The van der Waals surface area contributed by atoms with Crippen molar-refractivity contribution in [1.29, 1.82) is 0 Å². The maximum Gasteiger partial charge on any atom is 0.250 e. The van der Waals surface area contributed by atoms with E-state index in [0.717, 1.165) is 60.9 Å². The lowest BCUT2D eigenvalue weighted by Crippen LogP contribution is -2.30. The van der Waals surface area contributed by atoms with Crippen molar-refractivity contribution in [2.24, 2.45) is 0 Å². The van der Waals surface area contributed by atoms with Crippen LogP contribution in [0.15, 0.2) is 66.5 Å². The summed E-state index contributed by atoms with van der Waals surface area (Å²) >= 11 is 0. The highest BCUT2D eigenvalue weighted by Crippen LogP contribution is 2.25. The summed E-state index contributed by atoms with van der Waals surface area (Å²) in [5.74, 6) is 1.53. The zero-order valence-electron chi connectivity index (χ0n) is 19.2. The highest BCUT2D eigenvalue weighted by Gasteiger charge is 2.11. The zero-order chi connectivity index (χ0) is 22.5. The minimum Gasteiger partial charge on any atom is -0.502 e. The molecule has 0 bridgehead atoms. The van der Waals surface area contributed by atoms with Gasteiger partial charge in [0.1, 0.15) is 12.4 Å². The van der Waals surface area contributed by atoms with Gasteiger partial charge < -0.3 is 19.7 Å². The van der Waals surface area contributed by atoms with Gasteiger partial charge in [-0.25, -0.2) is 0 Å². The van der Waals surface area contributed by atoms with Gasteiger partial charge >= 0.3 is 0 Å². The van der Waals surface area contributed by atoms with Crippen molar-refractivity contribution < 1.29 is 14.3 Å². The third-order valence-corrected chi connectivity index (χ3v) is 5.08. The van der Waals surface area contributed by atoms with Crippen LogP contribution >= 0.6 is 0 Å². The van der Waals surface area contributed by atoms with Crippen LogP contribution in [0.1, 0.15) is 32.1 Å². The van der Waals surface area contributed by atoms with E-state index in [0.29, 0.717) is 12.1 Å². The number of methoxy groups -OCH3 is 1. The Kier molecular flexibility index (Phi) is 10.7. The second-order valence-corrected chi connectivity index (χ2v) is 7.90. The average Bonchev–Trinajstić information content (AvgIpc) is 2.78. The number of nitrogens with one attached hydrogen (secondary N) is 1. The molecule has 0 saturated carbocycles. The fourth-order valence-electron chi connectivity index (χ4n) is 3.25. The van der Waals surface area contributed by atoms with E-state index in [4.69, 9.17) is 9.47 Å². The zero-order valence-corrected chi connectivity index (χ0v) is 19.2. The lowest BCUT2D eigenvalue weighted by Gasteiger charge is -2.14. The molecule has 168 valence electrons. The molecule has 0 unspecified atom stereocenters. The van der Waals surface area contributed by atoms with Crippen molar-refractivity contribution in [3.8, 4) is 5.75 Å². The number of ether oxygens (including phenoxy) is 2. The number of carbonyl (C=O) groups excluding carboxylic acids is 1. The lowest BCUT2D eigenvalue weighted by atomic mass is 10.1. The van der Waals surface area contributed by atoms with E-state index in [1.54, 1.807) is 7.11 Å². The van der Waals surface area contributed by atoms with Gasteiger partial charge in [-0.05, 0) is 57.8 Å². The second kappa shape index (κ2) is 13.5. The summed E-state index contributed by atoms with van der Waals surface area (Å²) < 4.78 is 11.2. The molecule has 1 N–H and O–H groups in total. The number of hydrogen-bond donors (Lipinski definition) is 1. The van der Waals surface area contributed by atoms with Crippen LogP contribution in [0, 0.1) is 0 Å². The van der Waals surface area contributed by atoms with Crippen LogP contribution in [0.25, 0.3) is 10.8 Å². The first-order valence-corrected chi connectivity index (χ1v) is 11.0. The Bertz CT molecular complexity index is 869. The van der Waals surface area contributed by atoms with E-state index in [-0.39, 0.29) is 12.5 Å². The Morgan fingerprint density at radius 2 is 1.87 bits per heavy atom. The first-order valence-electron chi connectivity index (χ1n) is 11.0. The van der Waals surface area contributed by atoms with E-state index in [2.05, 4.69) is 28.9 Å².